The van der Waals surface area contributed by atoms with Crippen molar-refractivity contribution < 1.29 is 9.73 Å². The zero-order valence-corrected chi connectivity index (χ0v) is 10.8. The Labute approximate surface area is 107 Å². The lowest BCUT2D eigenvalue weighted by Crippen LogP contribution is -2.07. The van der Waals surface area contributed by atoms with Gasteiger partial charge in [0, 0.05) is 23.7 Å². The SMILES string of the molecule is Cc1noc(N(O)Sc2cccnc2Cl)c1C. The molecule has 90 valence electrons. The molecule has 2 heterocycles. The zero-order chi connectivity index (χ0) is 12.4. The Hall–Kier alpha value is -1.24. The van der Waals surface area contributed by atoms with E-state index >= 15 is 0 Å². The number of aromatic nitrogens is 2. The van der Waals surface area contributed by atoms with E-state index in [1.54, 1.807) is 25.3 Å². The van der Waals surface area contributed by atoms with Crippen molar-refractivity contribution in [3.63, 3.8) is 0 Å². The predicted molar refractivity (Wildman–Crippen MR) is 65.3 cm³/mol. The number of anilines is 1. The first-order valence-corrected chi connectivity index (χ1v) is 5.95. The lowest BCUT2D eigenvalue weighted by atomic mass is 10.3. The van der Waals surface area contributed by atoms with E-state index in [4.69, 9.17) is 16.1 Å². The van der Waals surface area contributed by atoms with E-state index in [-0.39, 0.29) is 5.88 Å². The van der Waals surface area contributed by atoms with Crippen molar-refractivity contribution in [1.29, 1.82) is 0 Å². The Morgan fingerprint density at radius 2 is 2.24 bits per heavy atom. The highest BCUT2D eigenvalue weighted by Gasteiger charge is 2.17. The number of pyridine rings is 1. The molecular weight excluding hydrogens is 262 g/mol. The molecule has 0 atom stereocenters. The highest BCUT2D eigenvalue weighted by Crippen LogP contribution is 2.33. The fraction of sp³-hybridized carbons (Fsp3) is 0.200. The van der Waals surface area contributed by atoms with Crippen LogP contribution in [0.5, 0.6) is 0 Å². The second-order valence-corrected chi connectivity index (χ2v) is 4.68. The van der Waals surface area contributed by atoms with Crippen LogP contribution in [0.1, 0.15) is 11.3 Å². The molecule has 0 bridgehead atoms. The molecule has 2 aromatic heterocycles. The van der Waals surface area contributed by atoms with Crippen molar-refractivity contribution in [2.24, 2.45) is 0 Å². The zero-order valence-electron chi connectivity index (χ0n) is 9.22. The molecule has 0 saturated heterocycles. The molecule has 0 aromatic carbocycles. The smallest absolute Gasteiger partial charge is 0.264 e. The average Bonchev–Trinajstić information content (AvgIpc) is 2.63. The molecule has 0 aliphatic heterocycles. The third-order valence-electron chi connectivity index (χ3n) is 2.22. The van der Waals surface area contributed by atoms with E-state index in [9.17, 15) is 5.21 Å². The highest BCUT2D eigenvalue weighted by atomic mass is 35.5. The topological polar surface area (TPSA) is 62.4 Å². The Morgan fingerprint density at radius 3 is 2.82 bits per heavy atom. The number of aryl methyl sites for hydroxylation is 1. The molecular formula is C10H10ClN3O2S. The van der Waals surface area contributed by atoms with Gasteiger partial charge in [-0.2, -0.15) is 4.47 Å². The van der Waals surface area contributed by atoms with Gasteiger partial charge in [-0.1, -0.05) is 16.8 Å². The molecule has 17 heavy (non-hydrogen) atoms. The van der Waals surface area contributed by atoms with Gasteiger partial charge < -0.3 is 4.52 Å². The molecule has 0 aliphatic carbocycles. The van der Waals surface area contributed by atoms with Crippen LogP contribution in [0.3, 0.4) is 0 Å². The van der Waals surface area contributed by atoms with Crippen molar-refractivity contribution in [2.45, 2.75) is 18.7 Å². The summed E-state index contributed by atoms with van der Waals surface area (Å²) in [7, 11) is 0. The second kappa shape index (κ2) is 4.95. The Morgan fingerprint density at radius 1 is 1.47 bits per heavy atom. The summed E-state index contributed by atoms with van der Waals surface area (Å²) >= 11 is 6.90. The van der Waals surface area contributed by atoms with Gasteiger partial charge in [-0.05, 0) is 26.0 Å². The maximum atomic E-state index is 9.87. The van der Waals surface area contributed by atoms with Crippen LogP contribution in [0.15, 0.2) is 27.7 Å². The van der Waals surface area contributed by atoms with Gasteiger partial charge in [0.25, 0.3) is 5.88 Å². The molecule has 0 aliphatic rings. The summed E-state index contributed by atoms with van der Waals surface area (Å²) in [6, 6.07) is 3.49. The number of hydrogen-bond donors (Lipinski definition) is 1. The number of nitrogens with zero attached hydrogens (tertiary/aromatic N) is 3. The number of halogens is 1. The van der Waals surface area contributed by atoms with Crippen molar-refractivity contribution in [3.05, 3.63) is 34.7 Å². The minimum absolute atomic E-state index is 0.285. The van der Waals surface area contributed by atoms with E-state index in [2.05, 4.69) is 10.1 Å². The standard InChI is InChI=1S/C10H10ClN3O2S/c1-6-7(2)13-16-10(6)14(15)17-8-4-3-5-12-9(8)11/h3-5,15H,1-2H3. The summed E-state index contributed by atoms with van der Waals surface area (Å²) in [5.74, 6) is 0.285. The third-order valence-corrected chi connectivity index (χ3v) is 3.49. The Kier molecular flexibility index (Phi) is 3.56. The van der Waals surface area contributed by atoms with Crippen molar-refractivity contribution >= 4 is 29.4 Å². The highest BCUT2D eigenvalue weighted by molar-refractivity contribution is 8.00. The molecule has 0 radical (unpaired) electrons. The third kappa shape index (κ3) is 2.54. The summed E-state index contributed by atoms with van der Waals surface area (Å²) in [6.45, 7) is 3.62. The van der Waals surface area contributed by atoms with Crippen molar-refractivity contribution in [3.8, 4) is 0 Å². The summed E-state index contributed by atoms with van der Waals surface area (Å²) in [5.41, 5.74) is 1.51. The van der Waals surface area contributed by atoms with Crippen LogP contribution in [-0.2, 0) is 0 Å². The minimum atomic E-state index is 0.285. The van der Waals surface area contributed by atoms with Crippen molar-refractivity contribution in [1.82, 2.24) is 10.1 Å². The van der Waals surface area contributed by atoms with Crippen LogP contribution in [0.2, 0.25) is 5.15 Å². The van der Waals surface area contributed by atoms with Crippen LogP contribution in [0, 0.1) is 13.8 Å². The second-order valence-electron chi connectivity index (χ2n) is 3.35. The van der Waals surface area contributed by atoms with E-state index in [0.717, 1.165) is 27.7 Å². The van der Waals surface area contributed by atoms with E-state index < -0.39 is 0 Å². The molecule has 0 spiro atoms. The van der Waals surface area contributed by atoms with E-state index in [1.807, 2.05) is 6.92 Å². The van der Waals surface area contributed by atoms with Gasteiger partial charge in [0.1, 0.15) is 5.15 Å². The fourth-order valence-electron chi connectivity index (χ4n) is 1.16. The van der Waals surface area contributed by atoms with Gasteiger partial charge in [0.15, 0.2) is 0 Å². The van der Waals surface area contributed by atoms with Gasteiger partial charge in [0.2, 0.25) is 0 Å². The lowest BCUT2D eigenvalue weighted by molar-refractivity contribution is 0.289. The summed E-state index contributed by atoms with van der Waals surface area (Å²) in [5, 5.41) is 14.0. The van der Waals surface area contributed by atoms with Crippen LogP contribution in [-0.4, -0.2) is 15.3 Å². The molecule has 0 unspecified atom stereocenters. The predicted octanol–water partition coefficient (Wildman–Crippen LogP) is 3.24. The van der Waals surface area contributed by atoms with Gasteiger partial charge in [-0.15, -0.1) is 0 Å². The summed E-state index contributed by atoms with van der Waals surface area (Å²) in [4.78, 5) is 4.54. The average molecular weight is 272 g/mol. The maximum absolute atomic E-state index is 9.87. The molecule has 7 heteroatoms. The first-order valence-electron chi connectivity index (χ1n) is 4.80. The number of hydrogen-bond acceptors (Lipinski definition) is 6. The lowest BCUT2D eigenvalue weighted by Gasteiger charge is -2.12. The normalized spacial score (nSPS) is 10.6. The molecule has 2 rings (SSSR count). The van der Waals surface area contributed by atoms with Crippen LogP contribution >= 0.6 is 23.5 Å². The van der Waals surface area contributed by atoms with Crippen molar-refractivity contribution in [2.75, 3.05) is 4.47 Å². The fourth-order valence-corrected chi connectivity index (χ4v) is 2.09. The molecule has 0 amide bonds. The monoisotopic (exact) mass is 271 g/mol. The van der Waals surface area contributed by atoms with Gasteiger partial charge in [0.05, 0.1) is 10.6 Å². The first-order chi connectivity index (χ1) is 8.09. The Bertz CT molecular complexity index is 532. The van der Waals surface area contributed by atoms with Gasteiger partial charge >= 0.3 is 0 Å². The Balaban J connectivity index is 2.20. The molecule has 0 fully saturated rings. The summed E-state index contributed by atoms with van der Waals surface area (Å²) in [6.07, 6.45) is 1.58. The molecule has 2 aromatic rings. The summed E-state index contributed by atoms with van der Waals surface area (Å²) < 4.78 is 5.90. The van der Waals surface area contributed by atoms with E-state index in [0.29, 0.717) is 10.0 Å². The quantitative estimate of drug-likeness (QED) is 0.525. The maximum Gasteiger partial charge on any atom is 0.264 e. The van der Waals surface area contributed by atoms with Crippen LogP contribution in [0.4, 0.5) is 5.88 Å². The number of rotatable bonds is 3. The van der Waals surface area contributed by atoms with E-state index in [1.165, 1.54) is 0 Å². The molecule has 1 N–H and O–H groups in total. The first kappa shape index (κ1) is 12.2. The molecule has 0 saturated carbocycles. The molecule has 5 nitrogen and oxygen atoms in total. The van der Waals surface area contributed by atoms with Crippen LogP contribution in [0.25, 0.3) is 0 Å². The minimum Gasteiger partial charge on any atom is -0.335 e. The van der Waals surface area contributed by atoms with Crippen LogP contribution < -0.4 is 4.47 Å². The van der Waals surface area contributed by atoms with Gasteiger partial charge in [-0.25, -0.2) is 4.98 Å². The largest absolute Gasteiger partial charge is 0.335 e. The van der Waals surface area contributed by atoms with Gasteiger partial charge in [-0.3, -0.25) is 5.21 Å².